The molecule has 1 aromatic carbocycles. The summed E-state index contributed by atoms with van der Waals surface area (Å²) in [5.74, 6) is 1.33. The van der Waals surface area contributed by atoms with Crippen molar-refractivity contribution in [2.75, 3.05) is 19.0 Å². The van der Waals surface area contributed by atoms with Gasteiger partial charge in [-0.2, -0.15) is 0 Å². The minimum Gasteiger partial charge on any atom is -0.494 e. The maximum absolute atomic E-state index is 11.1. The fraction of sp³-hybridized carbons (Fsp3) is 0.538. The first-order chi connectivity index (χ1) is 8.72. The van der Waals surface area contributed by atoms with Crippen molar-refractivity contribution in [3.63, 3.8) is 0 Å². The molecular formula is C13H21NO4S. The minimum absolute atomic E-state index is 0.114. The summed E-state index contributed by atoms with van der Waals surface area (Å²) in [5, 5.41) is 5.04. The molecule has 0 saturated heterocycles. The average molecular weight is 287 g/mol. The topological polar surface area (TPSA) is 78.6 Å². The normalized spacial score (nSPS) is 12.2. The lowest BCUT2D eigenvalue weighted by molar-refractivity contribution is 0.199. The smallest absolute Gasteiger partial charge is 0.209 e. The van der Waals surface area contributed by atoms with E-state index < -0.39 is 15.4 Å². The molecule has 0 aliphatic heterocycles. The SMILES string of the molecule is CCOc1ccc(OCC(C)(C)CS(N)(=O)=O)cc1. The molecule has 19 heavy (non-hydrogen) atoms. The Labute approximate surface area is 114 Å². The predicted molar refractivity (Wildman–Crippen MR) is 74.9 cm³/mol. The lowest BCUT2D eigenvalue weighted by Crippen LogP contribution is -2.33. The number of sulfonamides is 1. The van der Waals surface area contributed by atoms with Crippen LogP contribution in [0.2, 0.25) is 0 Å². The van der Waals surface area contributed by atoms with Gasteiger partial charge in [0.2, 0.25) is 10.0 Å². The zero-order chi connectivity index (χ0) is 14.5. The molecule has 0 aliphatic rings. The van der Waals surface area contributed by atoms with Gasteiger partial charge in [0.1, 0.15) is 11.5 Å². The van der Waals surface area contributed by atoms with E-state index in [-0.39, 0.29) is 12.4 Å². The van der Waals surface area contributed by atoms with Crippen molar-refractivity contribution in [2.45, 2.75) is 20.8 Å². The van der Waals surface area contributed by atoms with Crippen LogP contribution in [0.25, 0.3) is 0 Å². The minimum atomic E-state index is -3.50. The third kappa shape index (κ3) is 6.45. The molecule has 0 atom stereocenters. The van der Waals surface area contributed by atoms with Crippen molar-refractivity contribution >= 4 is 10.0 Å². The van der Waals surface area contributed by atoms with Crippen molar-refractivity contribution in [3.8, 4) is 11.5 Å². The molecule has 0 radical (unpaired) electrons. The molecule has 0 bridgehead atoms. The van der Waals surface area contributed by atoms with E-state index in [1.165, 1.54) is 0 Å². The van der Waals surface area contributed by atoms with Gasteiger partial charge in [0.05, 0.1) is 19.0 Å². The average Bonchev–Trinajstić information content (AvgIpc) is 2.25. The Morgan fingerprint density at radius 1 is 1.11 bits per heavy atom. The van der Waals surface area contributed by atoms with E-state index >= 15 is 0 Å². The Balaban J connectivity index is 2.56. The summed E-state index contributed by atoms with van der Waals surface area (Å²) in [6.07, 6.45) is 0. The third-order valence-electron chi connectivity index (χ3n) is 2.36. The van der Waals surface area contributed by atoms with Crippen LogP contribution in [0, 0.1) is 5.41 Å². The van der Waals surface area contributed by atoms with Gasteiger partial charge in [0.25, 0.3) is 0 Å². The van der Waals surface area contributed by atoms with Crippen molar-refractivity contribution in [1.82, 2.24) is 0 Å². The largest absolute Gasteiger partial charge is 0.494 e. The lowest BCUT2D eigenvalue weighted by atomic mass is 9.98. The quantitative estimate of drug-likeness (QED) is 0.829. The van der Waals surface area contributed by atoms with Gasteiger partial charge in [-0.1, -0.05) is 13.8 Å². The summed E-state index contributed by atoms with van der Waals surface area (Å²) in [5.41, 5.74) is -0.536. The lowest BCUT2D eigenvalue weighted by Gasteiger charge is -2.23. The van der Waals surface area contributed by atoms with Crippen molar-refractivity contribution in [1.29, 1.82) is 0 Å². The molecule has 6 heteroatoms. The van der Waals surface area contributed by atoms with E-state index in [0.717, 1.165) is 5.75 Å². The van der Waals surface area contributed by atoms with Crippen LogP contribution in [0.15, 0.2) is 24.3 Å². The Morgan fingerprint density at radius 2 is 1.58 bits per heavy atom. The summed E-state index contributed by atoms with van der Waals surface area (Å²) >= 11 is 0. The second-order valence-corrected chi connectivity index (χ2v) is 6.78. The van der Waals surface area contributed by atoms with Crippen LogP contribution >= 0.6 is 0 Å². The molecule has 0 heterocycles. The molecule has 0 aromatic heterocycles. The summed E-state index contributed by atoms with van der Waals surface area (Å²) in [4.78, 5) is 0. The van der Waals surface area contributed by atoms with E-state index in [2.05, 4.69) is 0 Å². The summed E-state index contributed by atoms with van der Waals surface area (Å²) in [6.45, 7) is 6.40. The van der Waals surface area contributed by atoms with Crippen LogP contribution in [0.3, 0.4) is 0 Å². The van der Waals surface area contributed by atoms with E-state index in [0.29, 0.717) is 12.4 Å². The van der Waals surface area contributed by atoms with Crippen LogP contribution in [0.4, 0.5) is 0 Å². The van der Waals surface area contributed by atoms with Gasteiger partial charge in [0, 0.05) is 5.41 Å². The Morgan fingerprint density at radius 3 is 2.00 bits per heavy atom. The highest BCUT2D eigenvalue weighted by Gasteiger charge is 2.24. The number of hydrogen-bond acceptors (Lipinski definition) is 4. The molecular weight excluding hydrogens is 266 g/mol. The Kier molecular flexibility index (Phi) is 5.20. The van der Waals surface area contributed by atoms with E-state index in [9.17, 15) is 8.42 Å². The second kappa shape index (κ2) is 6.25. The third-order valence-corrected chi connectivity index (χ3v) is 3.54. The molecule has 0 unspecified atom stereocenters. The number of ether oxygens (including phenoxy) is 2. The molecule has 108 valence electrons. The molecule has 0 saturated carbocycles. The van der Waals surface area contributed by atoms with E-state index in [1.54, 1.807) is 26.0 Å². The molecule has 1 aromatic rings. The molecule has 5 nitrogen and oxygen atoms in total. The first-order valence-corrected chi connectivity index (χ1v) is 7.79. The molecule has 0 aliphatic carbocycles. The molecule has 0 amide bonds. The molecule has 1 rings (SSSR count). The van der Waals surface area contributed by atoms with Gasteiger partial charge >= 0.3 is 0 Å². The fourth-order valence-corrected chi connectivity index (χ4v) is 2.84. The zero-order valence-electron chi connectivity index (χ0n) is 11.5. The molecule has 2 N–H and O–H groups in total. The van der Waals surface area contributed by atoms with Crippen LogP contribution in [-0.2, 0) is 10.0 Å². The van der Waals surface area contributed by atoms with Crippen LogP contribution in [0.5, 0.6) is 11.5 Å². The highest BCUT2D eigenvalue weighted by Crippen LogP contribution is 2.22. The van der Waals surface area contributed by atoms with Crippen LogP contribution < -0.4 is 14.6 Å². The van der Waals surface area contributed by atoms with Gasteiger partial charge in [0.15, 0.2) is 0 Å². The summed E-state index contributed by atoms with van der Waals surface area (Å²) < 4.78 is 33.1. The highest BCUT2D eigenvalue weighted by atomic mass is 32.2. The van der Waals surface area contributed by atoms with E-state index in [4.69, 9.17) is 14.6 Å². The highest BCUT2D eigenvalue weighted by molar-refractivity contribution is 7.89. The predicted octanol–water partition coefficient (Wildman–Crippen LogP) is 1.78. The van der Waals surface area contributed by atoms with Crippen molar-refractivity contribution in [3.05, 3.63) is 24.3 Å². The maximum Gasteiger partial charge on any atom is 0.209 e. The van der Waals surface area contributed by atoms with Gasteiger partial charge in [-0.05, 0) is 31.2 Å². The monoisotopic (exact) mass is 287 g/mol. The number of nitrogens with two attached hydrogens (primary N) is 1. The van der Waals surface area contributed by atoms with Crippen molar-refractivity contribution < 1.29 is 17.9 Å². The summed E-state index contributed by atoms with van der Waals surface area (Å²) in [7, 11) is -3.50. The second-order valence-electron chi connectivity index (χ2n) is 5.16. The standard InChI is InChI=1S/C13H21NO4S/c1-4-17-11-5-7-12(8-6-11)18-9-13(2,3)10-19(14,15)16/h5-8H,4,9-10H2,1-3H3,(H2,14,15,16). The Hall–Kier alpha value is -1.27. The first kappa shape index (κ1) is 15.8. The maximum atomic E-state index is 11.1. The van der Waals surface area contributed by atoms with E-state index in [1.807, 2.05) is 19.1 Å². The number of hydrogen-bond donors (Lipinski definition) is 1. The first-order valence-electron chi connectivity index (χ1n) is 6.08. The van der Waals surface area contributed by atoms with Crippen molar-refractivity contribution in [2.24, 2.45) is 10.6 Å². The van der Waals surface area contributed by atoms with Crippen LogP contribution in [-0.4, -0.2) is 27.4 Å². The van der Waals surface area contributed by atoms with Gasteiger partial charge in [-0.15, -0.1) is 0 Å². The fourth-order valence-electron chi connectivity index (χ4n) is 1.66. The van der Waals surface area contributed by atoms with Gasteiger partial charge in [-0.3, -0.25) is 0 Å². The number of rotatable bonds is 7. The molecule has 0 fully saturated rings. The Bertz CT molecular complexity index is 494. The molecule has 0 spiro atoms. The number of primary sulfonamides is 1. The van der Waals surface area contributed by atoms with Gasteiger partial charge < -0.3 is 9.47 Å². The zero-order valence-corrected chi connectivity index (χ0v) is 12.4. The van der Waals surface area contributed by atoms with Crippen LogP contribution in [0.1, 0.15) is 20.8 Å². The summed E-state index contributed by atoms with van der Waals surface area (Å²) in [6, 6.07) is 7.20. The van der Waals surface area contributed by atoms with Gasteiger partial charge in [-0.25, -0.2) is 13.6 Å². The number of benzene rings is 1.